The Bertz CT molecular complexity index is 295. The molecule has 0 aliphatic heterocycles. The second-order valence-corrected chi connectivity index (χ2v) is 4.59. The second-order valence-electron chi connectivity index (χ2n) is 4.59. The average molecular weight is 192 g/mol. The predicted octanol–water partition coefficient (Wildman–Crippen LogP) is 1.08. The number of H-pyrrole nitrogens is 1. The summed E-state index contributed by atoms with van der Waals surface area (Å²) < 4.78 is 0. The van der Waals surface area contributed by atoms with Crippen LogP contribution >= 0.6 is 0 Å². The highest BCUT2D eigenvalue weighted by Gasteiger charge is 2.38. The SMILES string of the molecule is c1n[nH]c(CNC2CC3CCC2C3)n1. The molecule has 2 fully saturated rings. The molecule has 2 aliphatic rings. The Morgan fingerprint density at radius 2 is 2.43 bits per heavy atom. The van der Waals surface area contributed by atoms with Crippen LogP contribution in [0.5, 0.6) is 0 Å². The highest BCUT2D eigenvalue weighted by Crippen LogP contribution is 2.44. The van der Waals surface area contributed by atoms with E-state index in [1.165, 1.54) is 25.7 Å². The first kappa shape index (κ1) is 8.41. The van der Waals surface area contributed by atoms with Gasteiger partial charge in [-0.05, 0) is 31.1 Å². The third kappa shape index (κ3) is 1.43. The lowest BCUT2D eigenvalue weighted by Gasteiger charge is -2.22. The van der Waals surface area contributed by atoms with Crippen molar-refractivity contribution in [3.8, 4) is 0 Å². The Balaban J connectivity index is 1.54. The van der Waals surface area contributed by atoms with Gasteiger partial charge in [0.05, 0.1) is 6.54 Å². The molecular weight excluding hydrogens is 176 g/mol. The molecular formula is C10H16N4. The average Bonchev–Trinajstić information content (AvgIpc) is 2.91. The number of hydrogen-bond acceptors (Lipinski definition) is 3. The molecule has 4 nitrogen and oxygen atoms in total. The van der Waals surface area contributed by atoms with Crippen molar-refractivity contribution in [3.63, 3.8) is 0 Å². The van der Waals surface area contributed by atoms with Crippen LogP contribution in [0, 0.1) is 11.8 Å². The van der Waals surface area contributed by atoms with E-state index in [9.17, 15) is 0 Å². The molecule has 0 spiro atoms. The van der Waals surface area contributed by atoms with Crippen LogP contribution in [0.25, 0.3) is 0 Å². The second kappa shape index (κ2) is 3.35. The molecule has 2 saturated carbocycles. The van der Waals surface area contributed by atoms with Gasteiger partial charge in [-0.1, -0.05) is 6.42 Å². The number of aromatic amines is 1. The standard InChI is InChI=1S/C10H16N4/c1-2-8-3-7(1)4-9(8)11-5-10-12-6-13-14-10/h6-9,11H,1-5H2,(H,12,13,14). The zero-order valence-corrected chi connectivity index (χ0v) is 8.24. The minimum absolute atomic E-state index is 0.735. The van der Waals surface area contributed by atoms with E-state index in [1.807, 2.05) is 0 Å². The maximum absolute atomic E-state index is 4.11. The summed E-state index contributed by atoms with van der Waals surface area (Å²) in [5.74, 6) is 2.89. The molecule has 2 bridgehead atoms. The third-order valence-electron chi connectivity index (χ3n) is 3.73. The van der Waals surface area contributed by atoms with E-state index in [1.54, 1.807) is 6.33 Å². The summed E-state index contributed by atoms with van der Waals surface area (Å²) in [5.41, 5.74) is 0. The van der Waals surface area contributed by atoms with Crippen molar-refractivity contribution in [2.45, 2.75) is 38.3 Å². The van der Waals surface area contributed by atoms with Crippen molar-refractivity contribution >= 4 is 0 Å². The van der Waals surface area contributed by atoms with Crippen molar-refractivity contribution in [1.82, 2.24) is 20.5 Å². The smallest absolute Gasteiger partial charge is 0.138 e. The monoisotopic (exact) mass is 192 g/mol. The largest absolute Gasteiger partial charge is 0.307 e. The van der Waals surface area contributed by atoms with Gasteiger partial charge in [0.25, 0.3) is 0 Å². The topological polar surface area (TPSA) is 53.6 Å². The molecule has 1 aromatic heterocycles. The first-order chi connectivity index (χ1) is 6.92. The van der Waals surface area contributed by atoms with Crippen LogP contribution in [0.2, 0.25) is 0 Å². The number of hydrogen-bond donors (Lipinski definition) is 2. The molecule has 14 heavy (non-hydrogen) atoms. The van der Waals surface area contributed by atoms with Gasteiger partial charge in [0.2, 0.25) is 0 Å². The zero-order chi connectivity index (χ0) is 9.38. The van der Waals surface area contributed by atoms with Crippen molar-refractivity contribution in [2.75, 3.05) is 0 Å². The number of fused-ring (bicyclic) bond motifs is 2. The first-order valence-corrected chi connectivity index (χ1v) is 5.49. The molecule has 0 aromatic carbocycles. The molecule has 1 aromatic rings. The van der Waals surface area contributed by atoms with Crippen LogP contribution in [-0.2, 0) is 6.54 Å². The van der Waals surface area contributed by atoms with Crippen molar-refractivity contribution in [1.29, 1.82) is 0 Å². The summed E-state index contributed by atoms with van der Waals surface area (Å²) in [6.45, 7) is 0.841. The fourth-order valence-corrected chi connectivity index (χ4v) is 3.04. The summed E-state index contributed by atoms with van der Waals surface area (Å²) in [6.07, 6.45) is 7.29. The maximum Gasteiger partial charge on any atom is 0.138 e. The van der Waals surface area contributed by atoms with E-state index in [-0.39, 0.29) is 0 Å². The van der Waals surface area contributed by atoms with E-state index in [0.29, 0.717) is 0 Å². The zero-order valence-electron chi connectivity index (χ0n) is 8.24. The molecule has 4 heteroatoms. The van der Waals surface area contributed by atoms with Crippen LogP contribution < -0.4 is 5.32 Å². The van der Waals surface area contributed by atoms with Crippen molar-refractivity contribution in [2.24, 2.45) is 11.8 Å². The highest BCUT2D eigenvalue weighted by molar-refractivity contribution is 4.95. The number of nitrogens with one attached hydrogen (secondary N) is 2. The van der Waals surface area contributed by atoms with Gasteiger partial charge in [0.15, 0.2) is 0 Å². The molecule has 3 rings (SSSR count). The molecule has 2 N–H and O–H groups in total. The first-order valence-electron chi connectivity index (χ1n) is 5.49. The Morgan fingerprint density at radius 3 is 3.07 bits per heavy atom. The van der Waals surface area contributed by atoms with Gasteiger partial charge in [0.1, 0.15) is 12.2 Å². The maximum atomic E-state index is 4.11. The quantitative estimate of drug-likeness (QED) is 0.753. The highest BCUT2D eigenvalue weighted by atomic mass is 15.2. The summed E-state index contributed by atoms with van der Waals surface area (Å²) in [5, 5.41) is 10.3. The van der Waals surface area contributed by atoms with Gasteiger partial charge in [0, 0.05) is 6.04 Å². The molecule has 1 heterocycles. The van der Waals surface area contributed by atoms with Gasteiger partial charge in [-0.2, -0.15) is 5.10 Å². The van der Waals surface area contributed by atoms with Crippen LogP contribution in [-0.4, -0.2) is 21.2 Å². The lowest BCUT2D eigenvalue weighted by Crippen LogP contribution is -2.33. The Kier molecular flexibility index (Phi) is 2.01. The molecule has 0 amide bonds. The van der Waals surface area contributed by atoms with Crippen molar-refractivity contribution in [3.05, 3.63) is 12.2 Å². The molecule has 76 valence electrons. The van der Waals surface area contributed by atoms with Crippen LogP contribution in [0.15, 0.2) is 6.33 Å². The minimum atomic E-state index is 0.735. The fraction of sp³-hybridized carbons (Fsp3) is 0.800. The van der Waals surface area contributed by atoms with Crippen LogP contribution in [0.4, 0.5) is 0 Å². The lowest BCUT2D eigenvalue weighted by molar-refractivity contribution is 0.348. The van der Waals surface area contributed by atoms with Gasteiger partial charge >= 0.3 is 0 Å². The van der Waals surface area contributed by atoms with Crippen molar-refractivity contribution < 1.29 is 0 Å². The van der Waals surface area contributed by atoms with Gasteiger partial charge in [-0.3, -0.25) is 5.10 Å². The van der Waals surface area contributed by atoms with E-state index >= 15 is 0 Å². The Hall–Kier alpha value is -0.900. The summed E-state index contributed by atoms with van der Waals surface area (Å²) in [6, 6.07) is 0.735. The van der Waals surface area contributed by atoms with E-state index in [0.717, 1.165) is 30.2 Å². The molecule has 0 radical (unpaired) electrons. The molecule has 2 aliphatic carbocycles. The van der Waals surface area contributed by atoms with Gasteiger partial charge in [-0.15, -0.1) is 0 Å². The van der Waals surface area contributed by atoms with E-state index in [4.69, 9.17) is 0 Å². The number of nitrogens with zero attached hydrogens (tertiary/aromatic N) is 2. The fourth-order valence-electron chi connectivity index (χ4n) is 3.04. The summed E-state index contributed by atoms with van der Waals surface area (Å²) >= 11 is 0. The molecule has 0 saturated heterocycles. The third-order valence-corrected chi connectivity index (χ3v) is 3.73. The van der Waals surface area contributed by atoms with Gasteiger partial charge < -0.3 is 5.32 Å². The van der Waals surface area contributed by atoms with Crippen LogP contribution in [0.3, 0.4) is 0 Å². The van der Waals surface area contributed by atoms with Gasteiger partial charge in [-0.25, -0.2) is 4.98 Å². The molecule has 3 unspecified atom stereocenters. The van der Waals surface area contributed by atoms with E-state index in [2.05, 4.69) is 20.5 Å². The number of rotatable bonds is 3. The lowest BCUT2D eigenvalue weighted by atomic mass is 9.95. The number of aromatic nitrogens is 3. The van der Waals surface area contributed by atoms with E-state index < -0.39 is 0 Å². The minimum Gasteiger partial charge on any atom is -0.307 e. The van der Waals surface area contributed by atoms with Crippen LogP contribution in [0.1, 0.15) is 31.5 Å². The summed E-state index contributed by atoms with van der Waals surface area (Å²) in [4.78, 5) is 4.11. The Morgan fingerprint density at radius 1 is 1.43 bits per heavy atom. The Labute approximate surface area is 83.5 Å². The normalized spacial score (nSPS) is 35.3. The molecule has 3 atom stereocenters. The summed E-state index contributed by atoms with van der Waals surface area (Å²) in [7, 11) is 0. The predicted molar refractivity (Wildman–Crippen MR) is 52.5 cm³/mol.